The minimum atomic E-state index is -0.350. The average molecular weight is 212 g/mol. The van der Waals surface area contributed by atoms with Gasteiger partial charge in [-0.3, -0.25) is 4.79 Å². The number of hydrogen-bond acceptors (Lipinski definition) is 2. The van der Waals surface area contributed by atoms with Gasteiger partial charge in [-0.15, -0.1) is 0 Å². The van der Waals surface area contributed by atoms with Crippen molar-refractivity contribution in [3.05, 3.63) is 0 Å². The molecule has 1 rings (SSSR count). The topological polar surface area (TPSA) is 26.3 Å². The van der Waals surface area contributed by atoms with Crippen LogP contribution in [0.3, 0.4) is 0 Å². The van der Waals surface area contributed by atoms with E-state index < -0.39 is 0 Å². The quantitative estimate of drug-likeness (QED) is 0.669. The van der Waals surface area contributed by atoms with Crippen molar-refractivity contribution in [2.75, 3.05) is 0 Å². The zero-order chi connectivity index (χ0) is 11.5. The van der Waals surface area contributed by atoms with Gasteiger partial charge < -0.3 is 4.74 Å². The largest absolute Gasteiger partial charge is 0.462 e. The number of ether oxygens (including phenoxy) is 1. The van der Waals surface area contributed by atoms with Crippen molar-refractivity contribution in [2.45, 2.75) is 65.9 Å². The molecule has 0 unspecified atom stereocenters. The monoisotopic (exact) mass is 212 g/mol. The van der Waals surface area contributed by atoms with Crippen LogP contribution in [-0.4, -0.2) is 12.1 Å². The normalized spacial score (nSPS) is 19.3. The number of hydrogen-bond donors (Lipinski definition) is 0. The summed E-state index contributed by atoms with van der Waals surface area (Å²) in [6.45, 7) is 8.09. The first kappa shape index (κ1) is 12.5. The summed E-state index contributed by atoms with van der Waals surface area (Å²) in [4.78, 5) is 12.0. The van der Waals surface area contributed by atoms with Crippen LogP contribution < -0.4 is 0 Å². The first-order valence-electron chi connectivity index (χ1n) is 6.15. The summed E-state index contributed by atoms with van der Waals surface area (Å²) in [6, 6.07) is 0. The van der Waals surface area contributed by atoms with Gasteiger partial charge in [-0.05, 0) is 45.4 Å². The van der Waals surface area contributed by atoms with E-state index in [2.05, 4.69) is 13.8 Å². The lowest BCUT2D eigenvalue weighted by atomic mass is 9.81. The van der Waals surface area contributed by atoms with Crippen LogP contribution in [0.15, 0.2) is 0 Å². The van der Waals surface area contributed by atoms with Crippen molar-refractivity contribution in [2.24, 2.45) is 11.3 Å². The summed E-state index contributed by atoms with van der Waals surface area (Å²) in [6.07, 6.45) is 6.01. The van der Waals surface area contributed by atoms with Gasteiger partial charge in [-0.2, -0.15) is 0 Å². The van der Waals surface area contributed by atoms with E-state index in [4.69, 9.17) is 4.74 Å². The molecule has 2 heteroatoms. The van der Waals surface area contributed by atoms with E-state index in [1.165, 1.54) is 19.3 Å². The van der Waals surface area contributed by atoms with Crippen molar-refractivity contribution in [1.29, 1.82) is 0 Å². The van der Waals surface area contributed by atoms with Crippen LogP contribution in [0.1, 0.15) is 59.8 Å². The van der Waals surface area contributed by atoms with E-state index in [0.29, 0.717) is 5.92 Å². The zero-order valence-electron chi connectivity index (χ0n) is 10.5. The molecule has 0 aromatic heterocycles. The summed E-state index contributed by atoms with van der Waals surface area (Å²) in [5, 5.41) is 0. The maximum Gasteiger partial charge on any atom is 0.312 e. The van der Waals surface area contributed by atoms with E-state index in [-0.39, 0.29) is 17.5 Å². The third kappa shape index (κ3) is 3.22. The van der Waals surface area contributed by atoms with Gasteiger partial charge in [0.05, 0.1) is 5.41 Å². The molecule has 1 aliphatic carbocycles. The first-order chi connectivity index (χ1) is 6.94. The zero-order valence-corrected chi connectivity index (χ0v) is 10.5. The molecule has 0 bridgehead atoms. The molecule has 0 radical (unpaired) electrons. The molecular formula is C13H24O2. The fraction of sp³-hybridized carbons (Fsp3) is 0.923. The molecule has 1 aliphatic rings. The Morgan fingerprint density at radius 3 is 2.20 bits per heavy atom. The Kier molecular flexibility index (Phi) is 4.18. The number of esters is 1. The third-order valence-electron chi connectivity index (χ3n) is 3.80. The summed E-state index contributed by atoms with van der Waals surface area (Å²) >= 11 is 0. The minimum absolute atomic E-state index is 0.0237. The van der Waals surface area contributed by atoms with Gasteiger partial charge in [0.2, 0.25) is 0 Å². The van der Waals surface area contributed by atoms with Gasteiger partial charge in [0.1, 0.15) is 6.10 Å². The maximum atomic E-state index is 12.0. The van der Waals surface area contributed by atoms with E-state index >= 15 is 0 Å². The van der Waals surface area contributed by atoms with Gasteiger partial charge in [0, 0.05) is 0 Å². The Balaban J connectivity index is 2.46. The Morgan fingerprint density at radius 2 is 1.73 bits per heavy atom. The first-order valence-corrected chi connectivity index (χ1v) is 6.15. The van der Waals surface area contributed by atoms with E-state index in [0.717, 1.165) is 12.8 Å². The van der Waals surface area contributed by atoms with Gasteiger partial charge in [-0.25, -0.2) is 0 Å². The molecule has 1 saturated carbocycles. The molecule has 0 atom stereocenters. The highest BCUT2D eigenvalue weighted by atomic mass is 16.5. The summed E-state index contributed by atoms with van der Waals surface area (Å²) in [5.74, 6) is 0.304. The van der Waals surface area contributed by atoms with Crippen molar-refractivity contribution in [3.8, 4) is 0 Å². The molecule has 0 aliphatic heterocycles. The fourth-order valence-corrected chi connectivity index (χ4v) is 1.72. The average Bonchev–Trinajstić information content (AvgIpc) is 2.18. The van der Waals surface area contributed by atoms with Crippen molar-refractivity contribution < 1.29 is 9.53 Å². The Labute approximate surface area is 93.4 Å². The maximum absolute atomic E-state index is 12.0. The van der Waals surface area contributed by atoms with Crippen LogP contribution in [0.5, 0.6) is 0 Å². The molecule has 0 saturated heterocycles. The standard InChI is InChI=1S/C13H24O2/c1-10(2)13(3,4)12(14)15-11-8-6-5-7-9-11/h10-11H,5-9H2,1-4H3. The fourth-order valence-electron chi connectivity index (χ4n) is 1.72. The SMILES string of the molecule is CC(C)C(C)(C)C(=O)OC1CCCCC1. The molecule has 2 nitrogen and oxygen atoms in total. The highest BCUT2D eigenvalue weighted by molar-refractivity contribution is 5.76. The number of rotatable bonds is 3. The lowest BCUT2D eigenvalue weighted by Crippen LogP contribution is -2.35. The molecule has 88 valence electrons. The van der Waals surface area contributed by atoms with E-state index in [1.54, 1.807) is 0 Å². The van der Waals surface area contributed by atoms with E-state index in [1.807, 2.05) is 13.8 Å². The van der Waals surface area contributed by atoms with Crippen LogP contribution in [0.4, 0.5) is 0 Å². The smallest absolute Gasteiger partial charge is 0.312 e. The molecule has 15 heavy (non-hydrogen) atoms. The lowest BCUT2D eigenvalue weighted by molar-refractivity contribution is -0.163. The van der Waals surface area contributed by atoms with Gasteiger partial charge >= 0.3 is 5.97 Å². The van der Waals surface area contributed by atoms with Gasteiger partial charge in [0.15, 0.2) is 0 Å². The number of carbonyl (C=O) groups excluding carboxylic acids is 1. The van der Waals surface area contributed by atoms with Crippen LogP contribution in [0.25, 0.3) is 0 Å². The molecule has 1 fully saturated rings. The second kappa shape index (κ2) is 5.00. The lowest BCUT2D eigenvalue weighted by Gasteiger charge is -2.30. The van der Waals surface area contributed by atoms with Gasteiger partial charge in [-0.1, -0.05) is 20.3 Å². The van der Waals surface area contributed by atoms with Crippen LogP contribution in [-0.2, 0) is 9.53 Å². The van der Waals surface area contributed by atoms with E-state index in [9.17, 15) is 4.79 Å². The molecule has 0 amide bonds. The van der Waals surface area contributed by atoms with Crippen LogP contribution in [0, 0.1) is 11.3 Å². The Hall–Kier alpha value is -0.530. The second-order valence-electron chi connectivity index (χ2n) is 5.54. The molecule has 0 N–H and O–H groups in total. The Morgan fingerprint density at radius 1 is 1.20 bits per heavy atom. The summed E-state index contributed by atoms with van der Waals surface area (Å²) < 4.78 is 5.58. The van der Waals surface area contributed by atoms with Crippen LogP contribution >= 0.6 is 0 Å². The minimum Gasteiger partial charge on any atom is -0.462 e. The Bertz CT molecular complexity index is 213. The van der Waals surface area contributed by atoms with Crippen LogP contribution in [0.2, 0.25) is 0 Å². The van der Waals surface area contributed by atoms with Crippen molar-refractivity contribution >= 4 is 5.97 Å². The second-order valence-corrected chi connectivity index (χ2v) is 5.54. The predicted molar refractivity (Wildman–Crippen MR) is 61.6 cm³/mol. The van der Waals surface area contributed by atoms with Crippen molar-refractivity contribution in [1.82, 2.24) is 0 Å². The molecular weight excluding hydrogens is 188 g/mol. The molecule has 0 aromatic rings. The highest BCUT2D eigenvalue weighted by Crippen LogP contribution is 2.30. The van der Waals surface area contributed by atoms with Gasteiger partial charge in [0.25, 0.3) is 0 Å². The summed E-state index contributed by atoms with van der Waals surface area (Å²) in [7, 11) is 0. The highest BCUT2D eigenvalue weighted by Gasteiger charge is 2.34. The molecule has 0 aromatic carbocycles. The number of carbonyl (C=O) groups is 1. The summed E-state index contributed by atoms with van der Waals surface area (Å²) in [5.41, 5.74) is -0.350. The molecule has 0 heterocycles. The molecule has 0 spiro atoms. The van der Waals surface area contributed by atoms with Crippen molar-refractivity contribution in [3.63, 3.8) is 0 Å². The third-order valence-corrected chi connectivity index (χ3v) is 3.80. The predicted octanol–water partition coefficient (Wildman–Crippen LogP) is 3.54.